The fourth-order valence-electron chi connectivity index (χ4n) is 3.80. The van der Waals surface area contributed by atoms with Gasteiger partial charge in [0.05, 0.1) is 0 Å². The molecule has 0 N–H and O–H groups in total. The van der Waals surface area contributed by atoms with Crippen molar-refractivity contribution < 1.29 is 9.59 Å². The minimum absolute atomic E-state index is 0.0501. The van der Waals surface area contributed by atoms with Crippen molar-refractivity contribution in [2.75, 3.05) is 13.1 Å². The van der Waals surface area contributed by atoms with Gasteiger partial charge in [-0.15, -0.1) is 6.58 Å². The zero-order chi connectivity index (χ0) is 16.4. The average molecular weight is 306 g/mol. The molecule has 1 aliphatic carbocycles. The first-order valence-corrected chi connectivity index (χ1v) is 8.62. The standard InChI is InChI=1S/C18H30N2O2/c1-5-7-10-17(3,4)20-14-13-19(15(21)9-6-2)18(16(20)22)11-8-12-18/h6H,2,5,7-14H2,1,3-4H3. The Bertz CT molecular complexity index is 452. The Hall–Kier alpha value is -1.32. The third kappa shape index (κ3) is 2.80. The summed E-state index contributed by atoms with van der Waals surface area (Å²) in [6.45, 7) is 11.5. The van der Waals surface area contributed by atoms with E-state index in [0.717, 1.165) is 38.5 Å². The molecular weight excluding hydrogens is 276 g/mol. The van der Waals surface area contributed by atoms with E-state index in [2.05, 4.69) is 27.4 Å². The second-order valence-corrected chi connectivity index (χ2v) is 7.30. The maximum absolute atomic E-state index is 13.2. The summed E-state index contributed by atoms with van der Waals surface area (Å²) < 4.78 is 0. The van der Waals surface area contributed by atoms with Gasteiger partial charge in [-0.25, -0.2) is 0 Å². The molecule has 4 heteroatoms. The largest absolute Gasteiger partial charge is 0.334 e. The number of piperazine rings is 1. The van der Waals surface area contributed by atoms with Crippen LogP contribution in [0.1, 0.15) is 65.7 Å². The second kappa shape index (κ2) is 6.43. The van der Waals surface area contributed by atoms with Crippen LogP contribution in [0, 0.1) is 0 Å². The van der Waals surface area contributed by atoms with Crippen molar-refractivity contribution in [3.8, 4) is 0 Å². The van der Waals surface area contributed by atoms with E-state index in [-0.39, 0.29) is 17.4 Å². The number of carbonyl (C=O) groups excluding carboxylic acids is 2. The molecule has 1 saturated heterocycles. The van der Waals surface area contributed by atoms with Gasteiger partial charge in [0.1, 0.15) is 5.54 Å². The van der Waals surface area contributed by atoms with Gasteiger partial charge in [0.15, 0.2) is 0 Å². The van der Waals surface area contributed by atoms with E-state index < -0.39 is 5.54 Å². The van der Waals surface area contributed by atoms with Gasteiger partial charge in [-0.1, -0.05) is 25.8 Å². The Kier molecular flexibility index (Phi) is 4.98. The maximum Gasteiger partial charge on any atom is 0.249 e. The smallest absolute Gasteiger partial charge is 0.249 e. The SMILES string of the molecule is C=CCC(=O)N1CCN(C(C)(C)CCCC)C(=O)C12CCC2. The predicted molar refractivity (Wildman–Crippen MR) is 88.4 cm³/mol. The minimum Gasteiger partial charge on any atom is -0.334 e. The predicted octanol–water partition coefficient (Wildman–Crippen LogP) is 3.12. The van der Waals surface area contributed by atoms with Gasteiger partial charge in [0.2, 0.25) is 11.8 Å². The molecule has 0 radical (unpaired) electrons. The van der Waals surface area contributed by atoms with E-state index in [1.807, 2.05) is 9.80 Å². The fourth-order valence-corrected chi connectivity index (χ4v) is 3.80. The Morgan fingerprint density at radius 3 is 2.55 bits per heavy atom. The fraction of sp³-hybridized carbons (Fsp3) is 0.778. The number of rotatable bonds is 6. The summed E-state index contributed by atoms with van der Waals surface area (Å²) >= 11 is 0. The van der Waals surface area contributed by atoms with Crippen LogP contribution in [0.2, 0.25) is 0 Å². The molecule has 0 bridgehead atoms. The number of amides is 2. The summed E-state index contributed by atoms with van der Waals surface area (Å²) in [5.41, 5.74) is -0.676. The van der Waals surface area contributed by atoms with Crippen molar-refractivity contribution in [2.45, 2.75) is 76.8 Å². The lowest BCUT2D eigenvalue weighted by Crippen LogP contribution is -2.72. The summed E-state index contributed by atoms with van der Waals surface area (Å²) in [4.78, 5) is 29.4. The van der Waals surface area contributed by atoms with Crippen LogP contribution >= 0.6 is 0 Å². The van der Waals surface area contributed by atoms with Gasteiger partial charge < -0.3 is 9.80 Å². The van der Waals surface area contributed by atoms with E-state index in [1.165, 1.54) is 0 Å². The van der Waals surface area contributed by atoms with Gasteiger partial charge in [0, 0.05) is 25.0 Å². The van der Waals surface area contributed by atoms with E-state index in [9.17, 15) is 9.59 Å². The molecule has 1 heterocycles. The molecule has 2 aliphatic rings. The zero-order valence-corrected chi connectivity index (χ0v) is 14.4. The first kappa shape index (κ1) is 17.0. The summed E-state index contributed by atoms with van der Waals surface area (Å²) in [6.07, 6.45) is 7.91. The van der Waals surface area contributed by atoms with Crippen molar-refractivity contribution in [3.05, 3.63) is 12.7 Å². The topological polar surface area (TPSA) is 40.6 Å². The van der Waals surface area contributed by atoms with Gasteiger partial charge >= 0.3 is 0 Å². The number of hydrogen-bond donors (Lipinski definition) is 0. The van der Waals surface area contributed by atoms with Crippen LogP contribution < -0.4 is 0 Å². The molecule has 22 heavy (non-hydrogen) atoms. The van der Waals surface area contributed by atoms with Crippen LogP contribution in [0.3, 0.4) is 0 Å². The molecule has 0 unspecified atom stereocenters. The molecule has 1 spiro atoms. The van der Waals surface area contributed by atoms with Crippen LogP contribution in [0.4, 0.5) is 0 Å². The third-order valence-electron chi connectivity index (χ3n) is 5.38. The molecule has 2 rings (SSSR count). The molecule has 1 saturated carbocycles. The highest BCUT2D eigenvalue weighted by molar-refractivity contribution is 5.94. The third-order valence-corrected chi connectivity index (χ3v) is 5.38. The van der Waals surface area contributed by atoms with Crippen molar-refractivity contribution >= 4 is 11.8 Å². The van der Waals surface area contributed by atoms with Gasteiger partial charge in [-0.3, -0.25) is 9.59 Å². The van der Waals surface area contributed by atoms with Crippen LogP contribution in [0.25, 0.3) is 0 Å². The first-order valence-electron chi connectivity index (χ1n) is 8.62. The van der Waals surface area contributed by atoms with Gasteiger partial charge in [-0.2, -0.15) is 0 Å². The molecule has 1 aliphatic heterocycles. The molecule has 2 amide bonds. The number of nitrogens with zero attached hydrogens (tertiary/aromatic N) is 2. The molecule has 0 aromatic heterocycles. The highest BCUT2D eigenvalue weighted by atomic mass is 16.2. The minimum atomic E-state index is -0.554. The molecule has 0 atom stereocenters. The van der Waals surface area contributed by atoms with E-state index in [1.54, 1.807) is 6.08 Å². The first-order chi connectivity index (χ1) is 10.4. The monoisotopic (exact) mass is 306 g/mol. The van der Waals surface area contributed by atoms with Crippen LogP contribution in [0.5, 0.6) is 0 Å². The van der Waals surface area contributed by atoms with Crippen molar-refractivity contribution in [1.82, 2.24) is 9.80 Å². The quantitative estimate of drug-likeness (QED) is 0.707. The zero-order valence-electron chi connectivity index (χ0n) is 14.4. The Labute approximate surface area is 134 Å². The normalized spacial score (nSPS) is 21.0. The lowest BCUT2D eigenvalue weighted by atomic mass is 9.71. The molecule has 4 nitrogen and oxygen atoms in total. The maximum atomic E-state index is 13.2. The summed E-state index contributed by atoms with van der Waals surface area (Å²) in [5.74, 6) is 0.220. The summed E-state index contributed by atoms with van der Waals surface area (Å²) in [6, 6.07) is 0. The van der Waals surface area contributed by atoms with Crippen molar-refractivity contribution in [2.24, 2.45) is 0 Å². The van der Waals surface area contributed by atoms with Crippen LogP contribution in [-0.2, 0) is 9.59 Å². The van der Waals surface area contributed by atoms with Crippen molar-refractivity contribution in [3.63, 3.8) is 0 Å². The molecule has 124 valence electrons. The lowest BCUT2D eigenvalue weighted by molar-refractivity contribution is -0.174. The van der Waals surface area contributed by atoms with E-state index in [0.29, 0.717) is 19.5 Å². The molecule has 0 aromatic rings. The molecule has 2 fully saturated rings. The van der Waals surface area contributed by atoms with Crippen LogP contribution in [-0.4, -0.2) is 45.8 Å². The number of hydrogen-bond acceptors (Lipinski definition) is 2. The highest BCUT2D eigenvalue weighted by Crippen LogP contribution is 2.43. The average Bonchev–Trinajstić information content (AvgIpc) is 2.42. The Morgan fingerprint density at radius 1 is 1.36 bits per heavy atom. The van der Waals surface area contributed by atoms with Gasteiger partial charge in [0.25, 0.3) is 0 Å². The molecular formula is C18H30N2O2. The lowest BCUT2D eigenvalue weighted by Gasteiger charge is -2.57. The Balaban J connectivity index is 2.19. The van der Waals surface area contributed by atoms with Crippen LogP contribution in [0.15, 0.2) is 12.7 Å². The Morgan fingerprint density at radius 2 is 2.05 bits per heavy atom. The summed E-state index contributed by atoms with van der Waals surface area (Å²) in [5, 5.41) is 0. The van der Waals surface area contributed by atoms with Gasteiger partial charge in [-0.05, 0) is 39.5 Å². The van der Waals surface area contributed by atoms with E-state index >= 15 is 0 Å². The van der Waals surface area contributed by atoms with E-state index in [4.69, 9.17) is 0 Å². The molecule has 0 aromatic carbocycles. The summed E-state index contributed by atoms with van der Waals surface area (Å²) in [7, 11) is 0. The number of carbonyl (C=O) groups is 2. The van der Waals surface area contributed by atoms with Crippen molar-refractivity contribution in [1.29, 1.82) is 0 Å². The number of unbranched alkanes of at least 4 members (excludes halogenated alkanes) is 1. The second-order valence-electron chi connectivity index (χ2n) is 7.30. The highest BCUT2D eigenvalue weighted by Gasteiger charge is 2.56.